The monoisotopic (exact) mass is 469 g/mol. The van der Waals surface area contributed by atoms with Crippen LogP contribution in [0, 0.1) is 6.92 Å². The summed E-state index contributed by atoms with van der Waals surface area (Å²) in [5.41, 5.74) is 3.99. The minimum absolute atomic E-state index is 0.158. The largest absolute Gasteiger partial charge is 0.371 e. The highest BCUT2D eigenvalue weighted by Crippen LogP contribution is 2.32. The molecule has 4 aromatic rings. The van der Waals surface area contributed by atoms with Crippen LogP contribution in [0.15, 0.2) is 24.4 Å². The third kappa shape index (κ3) is 3.73. The van der Waals surface area contributed by atoms with Gasteiger partial charge >= 0.3 is 0 Å². The maximum Gasteiger partial charge on any atom is 0.280 e. The van der Waals surface area contributed by atoms with Gasteiger partial charge in [0.2, 0.25) is 5.95 Å². The van der Waals surface area contributed by atoms with Crippen LogP contribution in [0.25, 0.3) is 27.9 Å². The molecule has 0 bridgehead atoms. The molecule has 5 rings (SSSR count). The van der Waals surface area contributed by atoms with Gasteiger partial charge in [-0.3, -0.25) is 0 Å². The van der Waals surface area contributed by atoms with Gasteiger partial charge in [0.1, 0.15) is 16.9 Å². The fourth-order valence-electron chi connectivity index (χ4n) is 4.77. The van der Waals surface area contributed by atoms with E-state index in [9.17, 15) is 8.78 Å². The number of pyridine rings is 1. The zero-order valence-electron chi connectivity index (χ0n) is 20.0. The van der Waals surface area contributed by atoms with Crippen LogP contribution in [0.4, 0.5) is 20.5 Å². The average molecular weight is 470 g/mol. The van der Waals surface area contributed by atoms with E-state index in [1.54, 1.807) is 29.7 Å². The molecule has 1 aliphatic heterocycles. The van der Waals surface area contributed by atoms with Crippen LogP contribution in [-0.2, 0) is 0 Å². The van der Waals surface area contributed by atoms with Crippen molar-refractivity contribution in [3.05, 3.63) is 30.2 Å². The molecule has 1 aliphatic rings. The minimum atomic E-state index is -2.87. The molecule has 180 valence electrons. The van der Waals surface area contributed by atoms with Gasteiger partial charge in [-0.2, -0.15) is 4.98 Å². The van der Waals surface area contributed by atoms with Crippen molar-refractivity contribution < 1.29 is 8.78 Å². The van der Waals surface area contributed by atoms with Crippen LogP contribution in [0.1, 0.15) is 32.1 Å². The van der Waals surface area contributed by atoms with E-state index in [1.165, 1.54) is 0 Å². The van der Waals surface area contributed by atoms with Crippen LogP contribution in [0.5, 0.6) is 0 Å². The molecule has 5 heterocycles. The number of anilines is 2. The van der Waals surface area contributed by atoms with Crippen LogP contribution >= 0.6 is 0 Å². The Kier molecular flexibility index (Phi) is 5.38. The summed E-state index contributed by atoms with van der Waals surface area (Å²) in [6, 6.07) is 5.01. The topological polar surface area (TPSA) is 88.2 Å². The molecule has 1 fully saturated rings. The van der Waals surface area contributed by atoms with Crippen molar-refractivity contribution in [2.24, 2.45) is 0 Å². The molecule has 2 N–H and O–H groups in total. The number of likely N-dealkylation sites (tertiary alicyclic amines) is 1. The number of imidazole rings is 1. The molecule has 0 amide bonds. The van der Waals surface area contributed by atoms with Crippen LogP contribution in [-0.4, -0.2) is 73.2 Å². The molecule has 1 atom stereocenters. The van der Waals surface area contributed by atoms with E-state index in [0.29, 0.717) is 18.8 Å². The molecule has 0 spiro atoms. The van der Waals surface area contributed by atoms with Crippen molar-refractivity contribution in [1.82, 2.24) is 34.0 Å². The summed E-state index contributed by atoms with van der Waals surface area (Å²) in [5, 5.41) is 10.4. The summed E-state index contributed by atoms with van der Waals surface area (Å²) in [6.45, 7) is 6.48. The number of hydrogen-bond acceptors (Lipinski definition) is 7. The van der Waals surface area contributed by atoms with Gasteiger partial charge in [0.05, 0.1) is 18.3 Å². The number of hydrogen-bond donors (Lipinski definition) is 2. The number of nitrogens with zero attached hydrogens (tertiary/aromatic N) is 7. The Morgan fingerprint density at radius 1 is 1.15 bits per heavy atom. The van der Waals surface area contributed by atoms with Gasteiger partial charge in [-0.15, -0.1) is 5.10 Å². The fourth-order valence-corrected chi connectivity index (χ4v) is 4.77. The van der Waals surface area contributed by atoms with Gasteiger partial charge < -0.3 is 20.1 Å². The molecule has 0 aliphatic carbocycles. The number of rotatable bonds is 5. The fraction of sp³-hybridized carbons (Fsp3) is 0.478. The lowest BCUT2D eigenvalue weighted by molar-refractivity contribution is -0.0675. The lowest BCUT2D eigenvalue weighted by Crippen LogP contribution is -2.53. The molecular formula is C23H29F2N9. The molecule has 0 aromatic carbocycles. The van der Waals surface area contributed by atoms with Crippen LogP contribution < -0.4 is 10.6 Å². The summed E-state index contributed by atoms with van der Waals surface area (Å²) in [6.07, 6.45) is 2.10. The first-order valence-electron chi connectivity index (χ1n) is 11.4. The Hall–Kier alpha value is -3.34. The number of aryl methyl sites for hydroxylation is 1. The van der Waals surface area contributed by atoms with Gasteiger partial charge in [-0.1, -0.05) is 0 Å². The SMILES string of the molecule is CNc1nc(N[C@H]2CCN(C)CC2(F)F)nn2ccc(-c3ccc4nc(C)n(C(C)C)c4n3)c12. The Balaban J connectivity index is 1.55. The van der Waals surface area contributed by atoms with Crippen molar-refractivity contribution in [3.8, 4) is 11.3 Å². The molecular weight excluding hydrogens is 440 g/mol. The number of aromatic nitrogens is 6. The molecule has 9 nitrogen and oxygen atoms in total. The summed E-state index contributed by atoms with van der Waals surface area (Å²) in [4.78, 5) is 15.7. The second-order valence-electron chi connectivity index (χ2n) is 9.20. The third-order valence-corrected chi connectivity index (χ3v) is 6.35. The maximum atomic E-state index is 14.5. The van der Waals surface area contributed by atoms with E-state index in [0.717, 1.165) is 33.8 Å². The van der Waals surface area contributed by atoms with Crippen LogP contribution in [0.3, 0.4) is 0 Å². The predicted octanol–water partition coefficient (Wildman–Crippen LogP) is 3.82. The molecule has 4 aromatic heterocycles. The normalized spacial score (nSPS) is 18.8. The molecule has 0 radical (unpaired) electrons. The Bertz CT molecular complexity index is 1360. The molecule has 0 unspecified atom stereocenters. The lowest BCUT2D eigenvalue weighted by Gasteiger charge is -2.36. The number of fused-ring (bicyclic) bond motifs is 2. The van der Waals surface area contributed by atoms with Gasteiger partial charge in [0.25, 0.3) is 5.92 Å². The second kappa shape index (κ2) is 8.15. The minimum Gasteiger partial charge on any atom is -0.371 e. The van der Waals surface area contributed by atoms with E-state index in [4.69, 9.17) is 4.98 Å². The highest BCUT2D eigenvalue weighted by molar-refractivity contribution is 5.89. The van der Waals surface area contributed by atoms with Crippen molar-refractivity contribution >= 4 is 28.4 Å². The smallest absolute Gasteiger partial charge is 0.280 e. The quantitative estimate of drug-likeness (QED) is 0.459. The van der Waals surface area contributed by atoms with Gasteiger partial charge in [-0.05, 0) is 52.4 Å². The van der Waals surface area contributed by atoms with Crippen molar-refractivity contribution in [1.29, 1.82) is 0 Å². The number of alkyl halides is 2. The van der Waals surface area contributed by atoms with E-state index < -0.39 is 12.0 Å². The van der Waals surface area contributed by atoms with E-state index in [-0.39, 0.29) is 18.5 Å². The van der Waals surface area contributed by atoms with Crippen molar-refractivity contribution in [2.75, 3.05) is 37.8 Å². The van der Waals surface area contributed by atoms with Gasteiger partial charge in [0.15, 0.2) is 11.5 Å². The lowest BCUT2D eigenvalue weighted by atomic mass is 10.0. The Morgan fingerprint density at radius 3 is 2.65 bits per heavy atom. The highest BCUT2D eigenvalue weighted by Gasteiger charge is 2.44. The number of nitrogens with one attached hydrogen (secondary N) is 2. The Morgan fingerprint density at radius 2 is 1.94 bits per heavy atom. The first-order valence-corrected chi connectivity index (χ1v) is 11.4. The zero-order valence-corrected chi connectivity index (χ0v) is 20.0. The van der Waals surface area contributed by atoms with Crippen molar-refractivity contribution in [3.63, 3.8) is 0 Å². The summed E-state index contributed by atoms with van der Waals surface area (Å²) in [7, 11) is 3.45. The second-order valence-corrected chi connectivity index (χ2v) is 9.20. The highest BCUT2D eigenvalue weighted by atomic mass is 19.3. The molecule has 1 saturated heterocycles. The van der Waals surface area contributed by atoms with E-state index in [2.05, 4.69) is 44.1 Å². The number of piperidine rings is 1. The van der Waals surface area contributed by atoms with Crippen molar-refractivity contribution in [2.45, 2.75) is 45.2 Å². The maximum absolute atomic E-state index is 14.5. The number of halogens is 2. The van der Waals surface area contributed by atoms with E-state index in [1.807, 2.05) is 25.1 Å². The van der Waals surface area contributed by atoms with E-state index >= 15 is 0 Å². The standard InChI is InChI=1S/C23H29F2N9/c1-13(2)34-14(3)27-17-7-6-16(28-21(17)34)15-8-11-33-19(15)20(26-4)30-22(31-33)29-18-9-10-32(5)12-23(18,24)25/h6-8,11,13,18H,9-10,12H2,1-5H3,(H2,26,29,30,31)/t18-/m0/s1. The average Bonchev–Trinajstić information content (AvgIpc) is 3.34. The zero-order chi connectivity index (χ0) is 24.2. The first kappa shape index (κ1) is 22.5. The van der Waals surface area contributed by atoms with Gasteiger partial charge in [0, 0.05) is 31.4 Å². The molecule has 34 heavy (non-hydrogen) atoms. The van der Waals surface area contributed by atoms with Gasteiger partial charge in [-0.25, -0.2) is 23.3 Å². The first-order chi connectivity index (χ1) is 16.2. The molecule has 0 saturated carbocycles. The third-order valence-electron chi connectivity index (χ3n) is 6.35. The summed E-state index contributed by atoms with van der Waals surface area (Å²) >= 11 is 0. The summed E-state index contributed by atoms with van der Waals surface area (Å²) in [5.74, 6) is -1.27. The van der Waals surface area contributed by atoms with Crippen LogP contribution in [0.2, 0.25) is 0 Å². The Labute approximate surface area is 196 Å². The summed E-state index contributed by atoms with van der Waals surface area (Å²) < 4.78 is 32.9. The molecule has 11 heteroatoms. The predicted molar refractivity (Wildman–Crippen MR) is 129 cm³/mol.